The maximum absolute atomic E-state index is 11.4. The third-order valence-corrected chi connectivity index (χ3v) is 7.69. The zero-order valence-corrected chi connectivity index (χ0v) is 25.2. The Morgan fingerprint density at radius 2 is 1.47 bits per heavy atom. The second-order valence-electron chi connectivity index (χ2n) is 11.0. The van der Waals surface area contributed by atoms with E-state index in [-0.39, 0.29) is 17.5 Å². The van der Waals surface area contributed by atoms with Gasteiger partial charge in [-0.2, -0.15) is 0 Å². The molecule has 2 aromatic rings. The standard InChI is InChI=1S/C32H48N4O7/c33-16-7-9-25-8-1-2-15-30(25)43-21-18-36(24-27-12-6-14-29(35-27)32(39)40)17-20-42-23-22-41-19-4-3-10-26-11-5-13-28(34-26)31(37)38/h5-6,11-14,25,30H,1-4,7-10,15-24,33H2,(H,37,38)(H,39,40). The number of unbranched alkanes of at least 4 members (excludes halogenated alkanes) is 1. The molecule has 11 heteroatoms. The van der Waals surface area contributed by atoms with Crippen molar-refractivity contribution in [3.63, 3.8) is 0 Å². The van der Waals surface area contributed by atoms with E-state index >= 15 is 0 Å². The van der Waals surface area contributed by atoms with E-state index < -0.39 is 11.9 Å². The van der Waals surface area contributed by atoms with Crippen molar-refractivity contribution in [1.29, 1.82) is 0 Å². The van der Waals surface area contributed by atoms with Gasteiger partial charge in [-0.1, -0.05) is 25.0 Å². The number of hydrogen-bond acceptors (Lipinski definition) is 9. The quantitative estimate of drug-likeness (QED) is 0.168. The van der Waals surface area contributed by atoms with Gasteiger partial charge in [-0.15, -0.1) is 0 Å². The van der Waals surface area contributed by atoms with Gasteiger partial charge in [0.2, 0.25) is 0 Å². The van der Waals surface area contributed by atoms with Crippen molar-refractivity contribution < 1.29 is 34.0 Å². The summed E-state index contributed by atoms with van der Waals surface area (Å²) in [5.74, 6) is -1.48. The minimum atomic E-state index is -1.04. The number of carboxylic acids is 2. The molecule has 0 bridgehead atoms. The summed E-state index contributed by atoms with van der Waals surface area (Å²) in [4.78, 5) is 33.1. The molecular formula is C32H48N4O7. The Morgan fingerprint density at radius 3 is 2.19 bits per heavy atom. The zero-order valence-electron chi connectivity index (χ0n) is 25.2. The van der Waals surface area contributed by atoms with Crippen molar-refractivity contribution in [3.05, 3.63) is 59.2 Å². The SMILES string of the molecule is NCCCC1CCCCC1OCCN(CCOCCOCCCCc1cccc(C(=O)O)n1)Cc1cccc(C(=O)O)n1. The number of nitrogens with zero attached hydrogens (tertiary/aromatic N) is 3. The lowest BCUT2D eigenvalue weighted by Crippen LogP contribution is -2.34. The van der Waals surface area contributed by atoms with Gasteiger partial charge in [0.05, 0.1) is 38.2 Å². The van der Waals surface area contributed by atoms with Gasteiger partial charge in [-0.05, 0) is 81.7 Å². The summed E-state index contributed by atoms with van der Waals surface area (Å²) in [6, 6.07) is 10.1. The van der Waals surface area contributed by atoms with Crippen molar-refractivity contribution in [2.75, 3.05) is 52.7 Å². The summed E-state index contributed by atoms with van der Waals surface area (Å²) in [5, 5.41) is 18.4. The number of carboxylic acid groups (broad SMARTS) is 2. The largest absolute Gasteiger partial charge is 0.477 e. The number of carbonyl (C=O) groups is 2. The highest BCUT2D eigenvalue weighted by Gasteiger charge is 2.25. The smallest absolute Gasteiger partial charge is 0.354 e. The summed E-state index contributed by atoms with van der Waals surface area (Å²) in [7, 11) is 0. The Balaban J connectivity index is 1.36. The minimum absolute atomic E-state index is 0.0390. The first kappa shape index (κ1) is 34.5. The van der Waals surface area contributed by atoms with Crippen LogP contribution in [-0.4, -0.2) is 95.8 Å². The van der Waals surface area contributed by atoms with Crippen LogP contribution >= 0.6 is 0 Å². The normalized spacial score (nSPS) is 16.9. The number of aromatic nitrogens is 2. The van der Waals surface area contributed by atoms with Gasteiger partial charge in [-0.25, -0.2) is 19.6 Å². The van der Waals surface area contributed by atoms with E-state index in [4.69, 9.17) is 25.1 Å². The average Bonchev–Trinajstić information content (AvgIpc) is 3.01. The number of aromatic carboxylic acids is 2. The number of ether oxygens (including phenoxy) is 3. The average molecular weight is 601 g/mol. The van der Waals surface area contributed by atoms with Crippen LogP contribution in [-0.2, 0) is 27.2 Å². The predicted octanol–water partition coefficient (Wildman–Crippen LogP) is 4.05. The van der Waals surface area contributed by atoms with E-state index in [0.29, 0.717) is 77.2 Å². The number of hydrogen-bond donors (Lipinski definition) is 3. The second-order valence-corrected chi connectivity index (χ2v) is 11.0. The first-order valence-electron chi connectivity index (χ1n) is 15.5. The fourth-order valence-corrected chi connectivity index (χ4v) is 5.39. The molecule has 1 saturated carbocycles. The van der Waals surface area contributed by atoms with E-state index in [1.54, 1.807) is 12.1 Å². The molecule has 4 N–H and O–H groups in total. The van der Waals surface area contributed by atoms with E-state index in [2.05, 4.69) is 14.9 Å². The molecule has 3 rings (SSSR count). The summed E-state index contributed by atoms with van der Waals surface area (Å²) >= 11 is 0. The lowest BCUT2D eigenvalue weighted by molar-refractivity contribution is -0.0258. The lowest BCUT2D eigenvalue weighted by Gasteiger charge is -2.32. The predicted molar refractivity (Wildman–Crippen MR) is 162 cm³/mol. The van der Waals surface area contributed by atoms with Crippen molar-refractivity contribution in [2.45, 2.75) is 70.4 Å². The molecule has 0 amide bonds. The van der Waals surface area contributed by atoms with Gasteiger partial charge in [0.1, 0.15) is 11.4 Å². The number of pyridine rings is 2. The van der Waals surface area contributed by atoms with Gasteiger partial charge in [0, 0.05) is 31.9 Å². The topological polar surface area (TPSA) is 157 Å². The highest BCUT2D eigenvalue weighted by atomic mass is 16.5. The van der Waals surface area contributed by atoms with Crippen molar-refractivity contribution in [3.8, 4) is 0 Å². The minimum Gasteiger partial charge on any atom is -0.477 e. The van der Waals surface area contributed by atoms with Crippen molar-refractivity contribution in [1.82, 2.24) is 14.9 Å². The summed E-state index contributed by atoms with van der Waals surface area (Å²) in [6.45, 7) is 5.26. The van der Waals surface area contributed by atoms with E-state index in [1.807, 2.05) is 12.1 Å². The number of nitrogens with two attached hydrogens (primary N) is 1. The van der Waals surface area contributed by atoms with E-state index in [1.165, 1.54) is 31.4 Å². The van der Waals surface area contributed by atoms with Gasteiger partial charge >= 0.3 is 11.9 Å². The van der Waals surface area contributed by atoms with Crippen LogP contribution in [0.1, 0.15) is 83.7 Å². The van der Waals surface area contributed by atoms with Crippen molar-refractivity contribution in [2.24, 2.45) is 11.7 Å². The molecule has 2 unspecified atom stereocenters. The van der Waals surface area contributed by atoms with Gasteiger partial charge in [-0.3, -0.25) is 4.90 Å². The van der Waals surface area contributed by atoms with Crippen LogP contribution in [0.3, 0.4) is 0 Å². The van der Waals surface area contributed by atoms with Crippen LogP contribution in [0.15, 0.2) is 36.4 Å². The fraction of sp³-hybridized carbons (Fsp3) is 0.625. The summed E-state index contributed by atoms with van der Waals surface area (Å²) in [5.41, 5.74) is 7.32. The van der Waals surface area contributed by atoms with Crippen LogP contribution in [0.2, 0.25) is 0 Å². The number of rotatable bonds is 22. The molecule has 43 heavy (non-hydrogen) atoms. The highest BCUT2D eigenvalue weighted by molar-refractivity contribution is 5.85. The molecule has 0 aliphatic heterocycles. The van der Waals surface area contributed by atoms with Crippen LogP contribution < -0.4 is 5.73 Å². The molecule has 238 valence electrons. The highest BCUT2D eigenvalue weighted by Crippen LogP contribution is 2.30. The van der Waals surface area contributed by atoms with Crippen molar-refractivity contribution >= 4 is 11.9 Å². The monoisotopic (exact) mass is 600 g/mol. The van der Waals surface area contributed by atoms with Crippen LogP contribution in [0.4, 0.5) is 0 Å². The molecule has 2 aromatic heterocycles. The maximum atomic E-state index is 11.4. The Morgan fingerprint density at radius 1 is 0.814 bits per heavy atom. The van der Waals surface area contributed by atoms with Gasteiger partial charge in [0.25, 0.3) is 0 Å². The first-order chi connectivity index (χ1) is 21.0. The summed E-state index contributed by atoms with van der Waals surface area (Å²) in [6.07, 6.45) is 9.59. The summed E-state index contributed by atoms with van der Waals surface area (Å²) < 4.78 is 17.9. The van der Waals surface area contributed by atoms with Crippen LogP contribution in [0.25, 0.3) is 0 Å². The fourth-order valence-electron chi connectivity index (χ4n) is 5.39. The Bertz CT molecular complexity index is 1100. The zero-order chi connectivity index (χ0) is 30.7. The molecular weight excluding hydrogens is 552 g/mol. The molecule has 11 nitrogen and oxygen atoms in total. The molecule has 2 atom stereocenters. The van der Waals surface area contributed by atoms with Crippen LogP contribution in [0.5, 0.6) is 0 Å². The molecule has 1 fully saturated rings. The molecule has 1 aliphatic carbocycles. The van der Waals surface area contributed by atoms with Gasteiger partial charge < -0.3 is 30.2 Å². The molecule has 0 aromatic carbocycles. The lowest BCUT2D eigenvalue weighted by atomic mass is 9.83. The molecule has 0 saturated heterocycles. The molecule has 0 spiro atoms. The van der Waals surface area contributed by atoms with E-state index in [9.17, 15) is 14.7 Å². The molecule has 1 aliphatic rings. The third-order valence-electron chi connectivity index (χ3n) is 7.69. The second kappa shape index (κ2) is 20.1. The maximum Gasteiger partial charge on any atom is 0.354 e. The van der Waals surface area contributed by atoms with E-state index in [0.717, 1.165) is 37.8 Å². The Kier molecular flexibility index (Phi) is 16.1. The Labute approximate surface area is 254 Å². The molecule has 0 radical (unpaired) electrons. The third kappa shape index (κ3) is 13.5. The number of aryl methyl sites for hydroxylation is 1. The van der Waals surface area contributed by atoms with Crippen LogP contribution in [0, 0.1) is 5.92 Å². The van der Waals surface area contributed by atoms with Gasteiger partial charge in [0.15, 0.2) is 0 Å². The molecule has 2 heterocycles. The first-order valence-corrected chi connectivity index (χ1v) is 15.5. The Hall–Kier alpha value is -2.96.